The summed E-state index contributed by atoms with van der Waals surface area (Å²) >= 11 is 12.1. The van der Waals surface area contributed by atoms with Crippen LogP contribution in [0.2, 0.25) is 10.0 Å². The summed E-state index contributed by atoms with van der Waals surface area (Å²) in [6, 6.07) is 5.21. The smallest absolute Gasteiger partial charge is 0.255 e. The Morgan fingerprint density at radius 3 is 2.89 bits per heavy atom. The molecule has 2 saturated heterocycles. The van der Waals surface area contributed by atoms with Gasteiger partial charge in [0, 0.05) is 25.0 Å². The number of carbonyl (C=O) groups excluding carboxylic acids is 1. The normalized spacial score (nSPS) is 26.3. The van der Waals surface area contributed by atoms with Crippen LogP contribution in [0, 0.1) is 5.41 Å². The van der Waals surface area contributed by atoms with Crippen molar-refractivity contribution in [2.75, 3.05) is 26.2 Å². The molecule has 1 unspecified atom stereocenters. The van der Waals surface area contributed by atoms with Crippen LogP contribution in [0.4, 0.5) is 0 Å². The van der Waals surface area contributed by atoms with Crippen molar-refractivity contribution in [3.8, 4) is 0 Å². The number of nitrogens with zero attached hydrogens (tertiary/aromatic N) is 1. The van der Waals surface area contributed by atoms with Crippen molar-refractivity contribution in [2.24, 2.45) is 5.41 Å². The molecule has 2 heterocycles. The Balaban J connectivity index is 1.80. The number of hydrogen-bond acceptors (Lipinski definition) is 2. The Kier molecular flexibility index (Phi) is 3.46. The van der Waals surface area contributed by atoms with Crippen LogP contribution in [0.1, 0.15) is 23.2 Å². The molecule has 3 nitrogen and oxygen atoms in total. The summed E-state index contributed by atoms with van der Waals surface area (Å²) in [5.74, 6) is -0.00345. The van der Waals surface area contributed by atoms with Gasteiger partial charge in [0.15, 0.2) is 0 Å². The lowest BCUT2D eigenvalue weighted by Gasteiger charge is -2.23. The molecule has 5 heteroatoms. The van der Waals surface area contributed by atoms with Crippen molar-refractivity contribution in [3.63, 3.8) is 0 Å². The number of nitrogens with one attached hydrogen (secondary N) is 1. The third kappa shape index (κ3) is 2.35. The second-order valence-corrected chi connectivity index (χ2v) is 6.29. The number of carbonyl (C=O) groups is 1. The highest BCUT2D eigenvalue weighted by atomic mass is 35.5. The van der Waals surface area contributed by atoms with E-state index in [1.165, 1.54) is 0 Å². The number of likely N-dealkylation sites (tertiary alicyclic amines) is 1. The highest BCUT2D eigenvalue weighted by Gasteiger charge is 2.42. The van der Waals surface area contributed by atoms with Gasteiger partial charge < -0.3 is 10.2 Å². The van der Waals surface area contributed by atoms with Gasteiger partial charge in [-0.15, -0.1) is 0 Å². The quantitative estimate of drug-likeness (QED) is 0.865. The summed E-state index contributed by atoms with van der Waals surface area (Å²) in [5.41, 5.74) is 0.790. The number of halogens is 2. The largest absolute Gasteiger partial charge is 0.338 e. The van der Waals surface area contributed by atoms with E-state index in [-0.39, 0.29) is 11.3 Å². The topological polar surface area (TPSA) is 32.3 Å². The standard InChI is InChI=1S/C14H16Cl2N2O/c15-11-3-1-2-10(12(11)16)13(19)18-7-5-14(9-18)4-6-17-8-14/h1-3,17H,4-9H2. The first-order chi connectivity index (χ1) is 9.11. The van der Waals surface area contributed by atoms with Crippen molar-refractivity contribution in [1.29, 1.82) is 0 Å². The van der Waals surface area contributed by atoms with Gasteiger partial charge in [-0.1, -0.05) is 29.3 Å². The van der Waals surface area contributed by atoms with Crippen LogP contribution >= 0.6 is 23.2 Å². The van der Waals surface area contributed by atoms with Gasteiger partial charge in [0.25, 0.3) is 5.91 Å². The van der Waals surface area contributed by atoms with Gasteiger partial charge in [-0.25, -0.2) is 0 Å². The molecule has 0 radical (unpaired) electrons. The molecule has 0 aromatic heterocycles. The Bertz CT molecular complexity index is 512. The van der Waals surface area contributed by atoms with Crippen LogP contribution < -0.4 is 5.32 Å². The molecule has 2 aliphatic heterocycles. The van der Waals surface area contributed by atoms with Gasteiger partial charge in [0.2, 0.25) is 0 Å². The predicted octanol–water partition coefficient (Wildman–Crippen LogP) is 2.82. The van der Waals surface area contributed by atoms with Crippen LogP contribution in [-0.2, 0) is 0 Å². The van der Waals surface area contributed by atoms with Crippen LogP contribution in [0.15, 0.2) is 18.2 Å². The van der Waals surface area contributed by atoms with E-state index < -0.39 is 0 Å². The SMILES string of the molecule is O=C(c1cccc(Cl)c1Cl)N1CCC2(CCNC2)C1. The Hall–Kier alpha value is -0.770. The van der Waals surface area contributed by atoms with E-state index in [4.69, 9.17) is 23.2 Å². The van der Waals surface area contributed by atoms with Crippen molar-refractivity contribution in [3.05, 3.63) is 33.8 Å². The van der Waals surface area contributed by atoms with Crippen LogP contribution in [0.25, 0.3) is 0 Å². The highest BCUT2D eigenvalue weighted by Crippen LogP contribution is 2.37. The molecule has 0 aliphatic carbocycles. The zero-order chi connectivity index (χ0) is 13.5. The van der Waals surface area contributed by atoms with Gasteiger partial charge in [-0.2, -0.15) is 0 Å². The molecule has 0 bridgehead atoms. The van der Waals surface area contributed by atoms with Crippen molar-refractivity contribution < 1.29 is 4.79 Å². The second-order valence-electron chi connectivity index (χ2n) is 5.50. The van der Waals surface area contributed by atoms with E-state index >= 15 is 0 Å². The van der Waals surface area contributed by atoms with E-state index in [0.29, 0.717) is 15.6 Å². The lowest BCUT2D eigenvalue weighted by molar-refractivity contribution is 0.0776. The van der Waals surface area contributed by atoms with Gasteiger partial charge >= 0.3 is 0 Å². The summed E-state index contributed by atoms with van der Waals surface area (Å²) in [5, 5.41) is 4.18. The summed E-state index contributed by atoms with van der Waals surface area (Å²) < 4.78 is 0. The van der Waals surface area contributed by atoms with Gasteiger partial charge in [0.05, 0.1) is 15.6 Å². The molecule has 19 heavy (non-hydrogen) atoms. The molecule has 1 amide bonds. The number of hydrogen-bond donors (Lipinski definition) is 1. The fourth-order valence-corrected chi connectivity index (χ4v) is 3.47. The average Bonchev–Trinajstić information content (AvgIpc) is 3.03. The van der Waals surface area contributed by atoms with Crippen LogP contribution in [0.3, 0.4) is 0 Å². The minimum Gasteiger partial charge on any atom is -0.338 e. The minimum absolute atomic E-state index is 0.00345. The number of benzene rings is 1. The van der Waals surface area contributed by atoms with Gasteiger partial charge in [0.1, 0.15) is 0 Å². The van der Waals surface area contributed by atoms with E-state index in [0.717, 1.165) is 39.0 Å². The van der Waals surface area contributed by atoms with Gasteiger partial charge in [-0.05, 0) is 31.5 Å². The Labute approximate surface area is 122 Å². The fourth-order valence-electron chi connectivity index (χ4n) is 3.09. The highest BCUT2D eigenvalue weighted by molar-refractivity contribution is 6.43. The summed E-state index contributed by atoms with van der Waals surface area (Å²) in [7, 11) is 0. The molecule has 1 aromatic rings. The second kappa shape index (κ2) is 4.97. The average molecular weight is 299 g/mol. The van der Waals surface area contributed by atoms with E-state index in [9.17, 15) is 4.79 Å². The summed E-state index contributed by atoms with van der Waals surface area (Å²) in [6.07, 6.45) is 2.23. The Morgan fingerprint density at radius 1 is 1.32 bits per heavy atom. The molecule has 3 rings (SSSR count). The first kappa shape index (κ1) is 13.2. The lowest BCUT2D eigenvalue weighted by Crippen LogP contribution is -2.33. The van der Waals surface area contributed by atoms with Crippen LogP contribution in [-0.4, -0.2) is 37.0 Å². The minimum atomic E-state index is -0.00345. The number of amides is 1. The van der Waals surface area contributed by atoms with E-state index in [1.807, 2.05) is 4.90 Å². The van der Waals surface area contributed by atoms with Crippen molar-refractivity contribution >= 4 is 29.1 Å². The lowest BCUT2D eigenvalue weighted by atomic mass is 9.86. The first-order valence-corrected chi connectivity index (χ1v) is 7.31. The Morgan fingerprint density at radius 2 is 2.16 bits per heavy atom. The zero-order valence-electron chi connectivity index (χ0n) is 10.6. The molecule has 102 valence electrons. The molecule has 1 aromatic carbocycles. The third-order valence-electron chi connectivity index (χ3n) is 4.24. The molecule has 1 N–H and O–H groups in total. The first-order valence-electron chi connectivity index (χ1n) is 6.55. The molecule has 1 atom stereocenters. The summed E-state index contributed by atoms with van der Waals surface area (Å²) in [4.78, 5) is 14.4. The summed E-state index contributed by atoms with van der Waals surface area (Å²) in [6.45, 7) is 3.70. The maximum atomic E-state index is 12.5. The predicted molar refractivity (Wildman–Crippen MR) is 76.9 cm³/mol. The zero-order valence-corrected chi connectivity index (χ0v) is 12.1. The van der Waals surface area contributed by atoms with E-state index in [2.05, 4.69) is 5.32 Å². The van der Waals surface area contributed by atoms with Crippen molar-refractivity contribution in [2.45, 2.75) is 12.8 Å². The number of rotatable bonds is 1. The molecule has 2 fully saturated rings. The molecule has 0 saturated carbocycles. The monoisotopic (exact) mass is 298 g/mol. The molecular weight excluding hydrogens is 283 g/mol. The molecule has 1 spiro atoms. The maximum Gasteiger partial charge on any atom is 0.255 e. The van der Waals surface area contributed by atoms with Crippen LogP contribution in [0.5, 0.6) is 0 Å². The molecule has 2 aliphatic rings. The van der Waals surface area contributed by atoms with E-state index in [1.54, 1.807) is 18.2 Å². The fraction of sp³-hybridized carbons (Fsp3) is 0.500. The third-order valence-corrected chi connectivity index (χ3v) is 5.06. The maximum absolute atomic E-state index is 12.5. The van der Waals surface area contributed by atoms with Gasteiger partial charge in [-0.3, -0.25) is 4.79 Å². The molecular formula is C14H16Cl2N2O. The van der Waals surface area contributed by atoms with Crippen molar-refractivity contribution in [1.82, 2.24) is 10.2 Å².